The number of hydrogen-bond donors (Lipinski definition) is 1. The normalized spacial score (nSPS) is 11.2. The van der Waals surface area contributed by atoms with Crippen molar-refractivity contribution in [3.8, 4) is 5.75 Å². The van der Waals surface area contributed by atoms with Gasteiger partial charge in [-0.1, -0.05) is 32.9 Å². The topological polar surface area (TPSA) is 55.6 Å². The number of nitrogens with zero attached hydrogens (tertiary/aromatic N) is 1. The lowest BCUT2D eigenvalue weighted by molar-refractivity contribution is -0.128. The predicted octanol–water partition coefficient (Wildman–Crippen LogP) is 1.78. The summed E-state index contributed by atoms with van der Waals surface area (Å²) in [6, 6.07) is 8.06. The first-order valence-electron chi connectivity index (χ1n) is 6.52. The Morgan fingerprint density at radius 3 is 2.63 bits per heavy atom. The number of hydrogen-bond acceptors (Lipinski definition) is 3. The van der Waals surface area contributed by atoms with Crippen LogP contribution >= 0.6 is 0 Å². The molecule has 0 spiro atoms. The molecule has 1 amide bonds. The van der Waals surface area contributed by atoms with Gasteiger partial charge in [-0.05, 0) is 23.1 Å². The number of likely N-dealkylation sites (N-methyl/N-ethyl adjacent to an activating group) is 1. The van der Waals surface area contributed by atoms with Gasteiger partial charge in [0, 0.05) is 7.05 Å². The van der Waals surface area contributed by atoms with Gasteiger partial charge in [0.25, 0.3) is 0 Å². The summed E-state index contributed by atoms with van der Waals surface area (Å²) in [6.07, 6.45) is 0. The maximum atomic E-state index is 11.3. The Bertz CT molecular complexity index is 424. The number of rotatable bonds is 5. The van der Waals surface area contributed by atoms with Gasteiger partial charge < -0.3 is 15.4 Å². The van der Waals surface area contributed by atoms with Crippen molar-refractivity contribution in [1.82, 2.24) is 4.90 Å². The number of ether oxygens (including phenoxy) is 1. The van der Waals surface area contributed by atoms with E-state index in [1.807, 2.05) is 18.2 Å². The quantitative estimate of drug-likeness (QED) is 0.882. The summed E-state index contributed by atoms with van der Waals surface area (Å²) in [5, 5.41) is 0. The first kappa shape index (κ1) is 15.5. The monoisotopic (exact) mass is 264 g/mol. The highest BCUT2D eigenvalue weighted by molar-refractivity contribution is 5.77. The highest BCUT2D eigenvalue weighted by atomic mass is 16.5. The Balaban J connectivity index is 2.53. The first-order valence-corrected chi connectivity index (χ1v) is 6.52. The minimum Gasteiger partial charge on any atom is -0.492 e. The van der Waals surface area contributed by atoms with Crippen molar-refractivity contribution < 1.29 is 9.53 Å². The Morgan fingerprint density at radius 2 is 2.05 bits per heavy atom. The van der Waals surface area contributed by atoms with Crippen molar-refractivity contribution in [2.45, 2.75) is 26.2 Å². The minimum absolute atomic E-state index is 0.0377. The molecule has 0 fully saturated rings. The number of nitrogens with two attached hydrogens (primary N) is 1. The van der Waals surface area contributed by atoms with Crippen molar-refractivity contribution in [3.63, 3.8) is 0 Å². The maximum Gasteiger partial charge on any atom is 0.236 e. The fourth-order valence-electron chi connectivity index (χ4n) is 1.63. The molecule has 1 rings (SSSR count). The SMILES string of the molecule is CN(CCOc1cccc(C(C)(C)C)c1)C(=O)CN. The third kappa shape index (κ3) is 4.91. The molecule has 0 aromatic heterocycles. The molecule has 0 aliphatic heterocycles. The van der Waals surface area contributed by atoms with Gasteiger partial charge in [-0.3, -0.25) is 4.79 Å². The van der Waals surface area contributed by atoms with Crippen LogP contribution in [0.4, 0.5) is 0 Å². The zero-order valence-corrected chi connectivity index (χ0v) is 12.3. The Kier molecular flexibility index (Phi) is 5.36. The van der Waals surface area contributed by atoms with E-state index >= 15 is 0 Å². The van der Waals surface area contributed by atoms with Gasteiger partial charge >= 0.3 is 0 Å². The van der Waals surface area contributed by atoms with E-state index in [4.69, 9.17) is 10.5 Å². The van der Waals surface area contributed by atoms with Gasteiger partial charge in [0.1, 0.15) is 12.4 Å². The maximum absolute atomic E-state index is 11.3. The van der Waals surface area contributed by atoms with Gasteiger partial charge in [-0.15, -0.1) is 0 Å². The average molecular weight is 264 g/mol. The van der Waals surface area contributed by atoms with Gasteiger partial charge in [0.15, 0.2) is 0 Å². The number of benzene rings is 1. The second-order valence-electron chi connectivity index (χ2n) is 5.65. The molecule has 1 aromatic rings. The summed E-state index contributed by atoms with van der Waals surface area (Å²) in [5.74, 6) is 0.757. The molecular weight excluding hydrogens is 240 g/mol. The van der Waals surface area contributed by atoms with Crippen molar-refractivity contribution in [2.24, 2.45) is 5.73 Å². The minimum atomic E-state index is -0.0768. The van der Waals surface area contributed by atoms with Crippen LogP contribution in [0, 0.1) is 0 Å². The zero-order valence-electron chi connectivity index (χ0n) is 12.3. The molecule has 4 heteroatoms. The number of amides is 1. The van der Waals surface area contributed by atoms with E-state index in [0.29, 0.717) is 13.2 Å². The van der Waals surface area contributed by atoms with Crippen molar-refractivity contribution in [1.29, 1.82) is 0 Å². The second-order valence-corrected chi connectivity index (χ2v) is 5.65. The lowest BCUT2D eigenvalue weighted by atomic mass is 9.87. The molecule has 0 heterocycles. The standard InChI is InChI=1S/C15H24N2O2/c1-15(2,3)12-6-5-7-13(10-12)19-9-8-17(4)14(18)11-16/h5-7,10H,8-9,11,16H2,1-4H3. The van der Waals surface area contributed by atoms with Crippen LogP contribution in [0.25, 0.3) is 0 Å². The Morgan fingerprint density at radius 1 is 1.37 bits per heavy atom. The van der Waals surface area contributed by atoms with Crippen LogP contribution in [-0.2, 0) is 10.2 Å². The average Bonchev–Trinajstić information content (AvgIpc) is 2.37. The molecule has 0 radical (unpaired) electrons. The molecule has 0 saturated carbocycles. The smallest absolute Gasteiger partial charge is 0.236 e. The van der Waals surface area contributed by atoms with Gasteiger partial charge in [-0.2, -0.15) is 0 Å². The lowest BCUT2D eigenvalue weighted by Gasteiger charge is -2.20. The molecule has 0 aliphatic carbocycles. The molecule has 0 unspecified atom stereocenters. The van der Waals surface area contributed by atoms with Gasteiger partial charge in [0.2, 0.25) is 5.91 Å². The summed E-state index contributed by atoms with van der Waals surface area (Å²) >= 11 is 0. The summed E-state index contributed by atoms with van der Waals surface area (Å²) in [5.41, 5.74) is 6.63. The third-order valence-electron chi connectivity index (χ3n) is 3.00. The van der Waals surface area contributed by atoms with Crippen LogP contribution in [-0.4, -0.2) is 37.6 Å². The summed E-state index contributed by atoms with van der Waals surface area (Å²) in [6.45, 7) is 7.54. The molecule has 0 aliphatic rings. The highest BCUT2D eigenvalue weighted by Crippen LogP contribution is 2.25. The predicted molar refractivity (Wildman–Crippen MR) is 77.3 cm³/mol. The van der Waals surface area contributed by atoms with Crippen LogP contribution in [0.15, 0.2) is 24.3 Å². The summed E-state index contributed by atoms with van der Waals surface area (Å²) in [7, 11) is 1.73. The Labute approximate surface area is 115 Å². The van der Waals surface area contributed by atoms with Crippen molar-refractivity contribution in [3.05, 3.63) is 29.8 Å². The molecule has 0 bridgehead atoms. The van der Waals surface area contributed by atoms with E-state index in [2.05, 4.69) is 26.8 Å². The molecule has 19 heavy (non-hydrogen) atoms. The van der Waals surface area contributed by atoms with Crippen molar-refractivity contribution >= 4 is 5.91 Å². The van der Waals surface area contributed by atoms with Crippen molar-refractivity contribution in [2.75, 3.05) is 26.7 Å². The largest absolute Gasteiger partial charge is 0.492 e. The zero-order chi connectivity index (χ0) is 14.5. The number of carbonyl (C=O) groups is 1. The lowest BCUT2D eigenvalue weighted by Crippen LogP contribution is -2.35. The van der Waals surface area contributed by atoms with E-state index in [0.717, 1.165) is 5.75 Å². The first-order chi connectivity index (χ1) is 8.84. The van der Waals surface area contributed by atoms with Gasteiger partial charge in [0.05, 0.1) is 13.1 Å². The molecule has 2 N–H and O–H groups in total. The van der Waals surface area contributed by atoms with Crippen LogP contribution in [0.3, 0.4) is 0 Å². The third-order valence-corrected chi connectivity index (χ3v) is 3.00. The summed E-state index contributed by atoms with van der Waals surface area (Å²) < 4.78 is 5.67. The van der Waals surface area contributed by atoms with E-state index in [1.54, 1.807) is 11.9 Å². The fourth-order valence-corrected chi connectivity index (χ4v) is 1.63. The molecule has 0 atom stereocenters. The van der Waals surface area contributed by atoms with E-state index in [-0.39, 0.29) is 17.9 Å². The molecular formula is C15H24N2O2. The Hall–Kier alpha value is -1.55. The summed E-state index contributed by atoms with van der Waals surface area (Å²) in [4.78, 5) is 12.9. The molecule has 0 saturated heterocycles. The van der Waals surface area contributed by atoms with E-state index < -0.39 is 0 Å². The second kappa shape index (κ2) is 6.57. The van der Waals surface area contributed by atoms with Crippen LogP contribution < -0.4 is 10.5 Å². The van der Waals surface area contributed by atoms with Gasteiger partial charge in [-0.25, -0.2) is 0 Å². The van der Waals surface area contributed by atoms with Crippen LogP contribution in [0.2, 0.25) is 0 Å². The molecule has 106 valence electrons. The fraction of sp³-hybridized carbons (Fsp3) is 0.533. The number of carbonyl (C=O) groups excluding carboxylic acids is 1. The van der Waals surface area contributed by atoms with E-state index in [1.165, 1.54) is 5.56 Å². The van der Waals surface area contributed by atoms with Crippen LogP contribution in [0.1, 0.15) is 26.3 Å². The molecule has 4 nitrogen and oxygen atoms in total. The van der Waals surface area contributed by atoms with E-state index in [9.17, 15) is 4.79 Å². The molecule has 1 aromatic carbocycles. The van der Waals surface area contributed by atoms with Crippen LogP contribution in [0.5, 0.6) is 5.75 Å². The highest BCUT2D eigenvalue weighted by Gasteiger charge is 2.14.